The minimum Gasteiger partial charge on any atom is -0.365 e. The van der Waals surface area contributed by atoms with Crippen molar-refractivity contribution in [3.8, 4) is 0 Å². The highest BCUT2D eigenvalue weighted by atomic mass is 79.9. The van der Waals surface area contributed by atoms with E-state index in [4.69, 9.17) is 0 Å². The molecule has 4 heteroatoms. The van der Waals surface area contributed by atoms with Crippen LogP contribution in [-0.4, -0.2) is 36.6 Å². The first kappa shape index (κ1) is 15.3. The van der Waals surface area contributed by atoms with Crippen LogP contribution < -0.4 is 4.90 Å². The maximum Gasteiger partial charge on any atom is 0.139 e. The fourth-order valence-electron chi connectivity index (χ4n) is 3.74. The van der Waals surface area contributed by atoms with Gasteiger partial charge in [-0.2, -0.15) is 0 Å². The van der Waals surface area contributed by atoms with Gasteiger partial charge in [-0.1, -0.05) is 20.3 Å². The number of hydrogen-bond donors (Lipinski definition) is 0. The lowest BCUT2D eigenvalue weighted by Gasteiger charge is -2.50. The standard InChI is InChI=1S/C17H24BrFN2/c1-12(2)17-11-20-8-4-3-5-14(20)10-21(17)13-6-7-15(18)16(19)9-13/h6-7,9,12,14,17H,3-5,8,10-11H2,1-2H3. The first-order valence-electron chi connectivity index (χ1n) is 8.02. The molecular weight excluding hydrogens is 331 g/mol. The number of benzene rings is 1. The molecule has 2 nitrogen and oxygen atoms in total. The normalized spacial score (nSPS) is 27.0. The van der Waals surface area contributed by atoms with Crippen molar-refractivity contribution >= 4 is 21.6 Å². The fraction of sp³-hybridized carbons (Fsp3) is 0.647. The number of piperazine rings is 1. The number of fused-ring (bicyclic) bond motifs is 1. The summed E-state index contributed by atoms with van der Waals surface area (Å²) in [6.07, 6.45) is 3.94. The van der Waals surface area contributed by atoms with Crippen molar-refractivity contribution in [1.29, 1.82) is 0 Å². The minimum atomic E-state index is -0.166. The molecule has 2 atom stereocenters. The Balaban J connectivity index is 1.88. The van der Waals surface area contributed by atoms with Crippen LogP contribution in [-0.2, 0) is 0 Å². The average Bonchev–Trinajstić information content (AvgIpc) is 2.48. The molecule has 1 aromatic carbocycles. The van der Waals surface area contributed by atoms with E-state index >= 15 is 0 Å². The molecule has 0 amide bonds. The zero-order valence-electron chi connectivity index (χ0n) is 12.9. The lowest BCUT2D eigenvalue weighted by molar-refractivity contribution is 0.100. The van der Waals surface area contributed by atoms with Gasteiger partial charge in [0.2, 0.25) is 0 Å². The van der Waals surface area contributed by atoms with Crippen molar-refractivity contribution in [2.24, 2.45) is 5.92 Å². The molecule has 116 valence electrons. The predicted octanol–water partition coefficient (Wildman–Crippen LogP) is 4.29. The van der Waals surface area contributed by atoms with Gasteiger partial charge in [0.15, 0.2) is 0 Å². The molecule has 2 heterocycles. The molecule has 1 aromatic rings. The van der Waals surface area contributed by atoms with Crippen LogP contribution in [0.2, 0.25) is 0 Å². The molecule has 0 N–H and O–H groups in total. The van der Waals surface area contributed by atoms with Gasteiger partial charge in [-0.3, -0.25) is 4.90 Å². The molecular formula is C17H24BrFN2. The maximum atomic E-state index is 13.9. The van der Waals surface area contributed by atoms with Crippen LogP contribution in [0.25, 0.3) is 0 Å². The van der Waals surface area contributed by atoms with E-state index in [-0.39, 0.29) is 5.82 Å². The van der Waals surface area contributed by atoms with Crippen LogP contribution >= 0.6 is 15.9 Å². The third kappa shape index (κ3) is 3.11. The van der Waals surface area contributed by atoms with Crippen LogP contribution in [0.3, 0.4) is 0 Å². The Morgan fingerprint density at radius 3 is 2.76 bits per heavy atom. The Bertz CT molecular complexity index is 506. The highest BCUT2D eigenvalue weighted by Gasteiger charge is 2.36. The molecule has 0 aliphatic carbocycles. The predicted molar refractivity (Wildman–Crippen MR) is 89.3 cm³/mol. The summed E-state index contributed by atoms with van der Waals surface area (Å²) in [6.45, 7) is 7.93. The van der Waals surface area contributed by atoms with Gasteiger partial charge in [0, 0.05) is 30.9 Å². The van der Waals surface area contributed by atoms with Gasteiger partial charge < -0.3 is 4.90 Å². The summed E-state index contributed by atoms with van der Waals surface area (Å²) < 4.78 is 14.5. The fourth-order valence-corrected chi connectivity index (χ4v) is 3.99. The topological polar surface area (TPSA) is 6.48 Å². The van der Waals surface area contributed by atoms with E-state index in [2.05, 4.69) is 39.6 Å². The van der Waals surface area contributed by atoms with Crippen LogP contribution in [0.15, 0.2) is 22.7 Å². The van der Waals surface area contributed by atoms with Crippen molar-refractivity contribution in [3.05, 3.63) is 28.5 Å². The van der Waals surface area contributed by atoms with E-state index in [1.54, 1.807) is 6.07 Å². The van der Waals surface area contributed by atoms with E-state index in [1.165, 1.54) is 25.8 Å². The van der Waals surface area contributed by atoms with Crippen molar-refractivity contribution in [1.82, 2.24) is 4.90 Å². The quantitative estimate of drug-likeness (QED) is 0.781. The summed E-state index contributed by atoms with van der Waals surface area (Å²) in [5.41, 5.74) is 1.03. The van der Waals surface area contributed by atoms with Crippen LogP contribution in [0, 0.1) is 11.7 Å². The third-order valence-electron chi connectivity index (χ3n) is 4.98. The number of nitrogens with zero attached hydrogens (tertiary/aromatic N) is 2. The second-order valence-electron chi connectivity index (χ2n) is 6.71. The molecule has 2 aliphatic rings. The van der Waals surface area contributed by atoms with Gasteiger partial charge in [0.25, 0.3) is 0 Å². The van der Waals surface area contributed by atoms with E-state index in [1.807, 2.05) is 12.1 Å². The Hall–Kier alpha value is -0.610. The number of halogens is 2. The maximum absolute atomic E-state index is 13.9. The lowest BCUT2D eigenvalue weighted by atomic mass is 9.91. The monoisotopic (exact) mass is 354 g/mol. The van der Waals surface area contributed by atoms with Crippen LogP contribution in [0.1, 0.15) is 33.1 Å². The highest BCUT2D eigenvalue weighted by molar-refractivity contribution is 9.10. The van der Waals surface area contributed by atoms with Crippen LogP contribution in [0.4, 0.5) is 10.1 Å². The van der Waals surface area contributed by atoms with Gasteiger partial charge >= 0.3 is 0 Å². The second-order valence-corrected chi connectivity index (χ2v) is 7.56. The van der Waals surface area contributed by atoms with E-state index in [0.29, 0.717) is 22.5 Å². The first-order valence-corrected chi connectivity index (χ1v) is 8.81. The average molecular weight is 355 g/mol. The van der Waals surface area contributed by atoms with E-state index in [9.17, 15) is 4.39 Å². The Morgan fingerprint density at radius 1 is 1.24 bits per heavy atom. The van der Waals surface area contributed by atoms with Gasteiger partial charge in [-0.15, -0.1) is 0 Å². The summed E-state index contributed by atoms with van der Waals surface area (Å²) in [4.78, 5) is 5.09. The number of anilines is 1. The zero-order chi connectivity index (χ0) is 15.0. The lowest BCUT2D eigenvalue weighted by Crippen LogP contribution is -2.61. The third-order valence-corrected chi connectivity index (χ3v) is 5.63. The summed E-state index contributed by atoms with van der Waals surface area (Å²) in [5, 5.41) is 0. The molecule has 0 aromatic heterocycles. The molecule has 2 unspecified atom stereocenters. The number of rotatable bonds is 2. The van der Waals surface area contributed by atoms with E-state index in [0.717, 1.165) is 18.8 Å². The first-order chi connectivity index (χ1) is 10.1. The molecule has 3 rings (SSSR count). The Kier molecular flexibility index (Phi) is 4.55. The van der Waals surface area contributed by atoms with Gasteiger partial charge in [0.05, 0.1) is 4.47 Å². The highest BCUT2D eigenvalue weighted by Crippen LogP contribution is 2.32. The Labute approximate surface area is 135 Å². The zero-order valence-corrected chi connectivity index (χ0v) is 14.4. The second kappa shape index (κ2) is 6.25. The van der Waals surface area contributed by atoms with Gasteiger partial charge in [-0.05, 0) is 59.4 Å². The molecule has 0 spiro atoms. The van der Waals surface area contributed by atoms with Gasteiger partial charge in [0.1, 0.15) is 5.82 Å². The van der Waals surface area contributed by atoms with Crippen molar-refractivity contribution in [2.75, 3.05) is 24.5 Å². The molecule has 0 bridgehead atoms. The SMILES string of the molecule is CC(C)C1CN2CCCCC2CN1c1ccc(Br)c(F)c1. The van der Waals surface area contributed by atoms with E-state index < -0.39 is 0 Å². The molecule has 2 aliphatic heterocycles. The smallest absolute Gasteiger partial charge is 0.139 e. The summed E-state index contributed by atoms with van der Waals surface area (Å²) in [5.74, 6) is 0.403. The number of piperidine rings is 1. The Morgan fingerprint density at radius 2 is 2.05 bits per heavy atom. The summed E-state index contributed by atoms with van der Waals surface area (Å²) >= 11 is 3.25. The molecule has 21 heavy (non-hydrogen) atoms. The van der Waals surface area contributed by atoms with Gasteiger partial charge in [-0.25, -0.2) is 4.39 Å². The van der Waals surface area contributed by atoms with Crippen LogP contribution in [0.5, 0.6) is 0 Å². The van der Waals surface area contributed by atoms with Crippen molar-refractivity contribution in [3.63, 3.8) is 0 Å². The molecule has 0 radical (unpaired) electrons. The van der Waals surface area contributed by atoms with Crippen molar-refractivity contribution < 1.29 is 4.39 Å². The molecule has 2 fully saturated rings. The molecule has 2 saturated heterocycles. The number of hydrogen-bond acceptors (Lipinski definition) is 2. The van der Waals surface area contributed by atoms with Crippen molar-refractivity contribution in [2.45, 2.75) is 45.2 Å². The minimum absolute atomic E-state index is 0.166. The largest absolute Gasteiger partial charge is 0.365 e. The summed E-state index contributed by atoms with van der Waals surface area (Å²) in [6, 6.07) is 6.66. The molecule has 0 saturated carbocycles. The summed E-state index contributed by atoms with van der Waals surface area (Å²) in [7, 11) is 0.